The molecule has 2 fully saturated rings. The Labute approximate surface area is 232 Å². The van der Waals surface area contributed by atoms with E-state index in [0.29, 0.717) is 67.6 Å². The number of benzene rings is 1. The highest BCUT2D eigenvalue weighted by Crippen LogP contribution is 2.25. The summed E-state index contributed by atoms with van der Waals surface area (Å²) in [5, 5.41) is 3.77. The fourth-order valence-electron chi connectivity index (χ4n) is 4.59. The quantitative estimate of drug-likeness (QED) is 0.337. The van der Waals surface area contributed by atoms with Crippen molar-refractivity contribution in [2.24, 2.45) is 0 Å². The van der Waals surface area contributed by atoms with Gasteiger partial charge in [0.15, 0.2) is 5.16 Å². The lowest BCUT2D eigenvalue weighted by Crippen LogP contribution is -2.59. The molecule has 0 saturated carbocycles. The first-order chi connectivity index (χ1) is 18.0. The molecule has 0 radical (unpaired) electrons. The summed E-state index contributed by atoms with van der Waals surface area (Å²) in [5.41, 5.74) is 0.268. The minimum atomic E-state index is -0.301. The van der Waals surface area contributed by atoms with Gasteiger partial charge in [-0.25, -0.2) is 19.2 Å². The van der Waals surface area contributed by atoms with Crippen molar-refractivity contribution in [1.29, 1.82) is 0 Å². The van der Waals surface area contributed by atoms with Crippen LogP contribution in [0.3, 0.4) is 0 Å². The van der Waals surface area contributed by atoms with Crippen LogP contribution in [0.4, 0.5) is 20.7 Å². The van der Waals surface area contributed by atoms with Crippen LogP contribution in [-0.2, 0) is 4.79 Å². The molecular formula is C26H35ClFN7O2S. The van der Waals surface area contributed by atoms with E-state index < -0.39 is 0 Å². The maximum Gasteiger partial charge on any atom is 0.318 e. The number of anilines is 2. The molecule has 2 saturated heterocycles. The van der Waals surface area contributed by atoms with Gasteiger partial charge < -0.3 is 24.9 Å². The van der Waals surface area contributed by atoms with Gasteiger partial charge in [-0.05, 0) is 39.8 Å². The largest absolute Gasteiger partial charge is 0.366 e. The number of thioether (sulfide) groups is 1. The maximum absolute atomic E-state index is 14.1. The molecule has 206 valence electrons. The Kier molecular flexibility index (Phi) is 8.87. The molecule has 3 amide bonds. The highest BCUT2D eigenvalue weighted by molar-refractivity contribution is 7.99. The number of amides is 3. The summed E-state index contributed by atoms with van der Waals surface area (Å²) in [6.07, 6.45) is 0. The smallest absolute Gasteiger partial charge is 0.318 e. The van der Waals surface area contributed by atoms with Gasteiger partial charge in [0.1, 0.15) is 16.8 Å². The lowest BCUT2D eigenvalue weighted by Gasteiger charge is -2.41. The highest BCUT2D eigenvalue weighted by atomic mass is 35.5. The number of piperazine rings is 2. The van der Waals surface area contributed by atoms with Gasteiger partial charge in [0.2, 0.25) is 5.91 Å². The zero-order valence-corrected chi connectivity index (χ0v) is 23.9. The van der Waals surface area contributed by atoms with Gasteiger partial charge in [-0.1, -0.05) is 35.5 Å². The van der Waals surface area contributed by atoms with E-state index in [1.165, 1.54) is 17.8 Å². The first kappa shape index (κ1) is 28.2. The van der Waals surface area contributed by atoms with Crippen molar-refractivity contribution >= 4 is 46.8 Å². The van der Waals surface area contributed by atoms with Gasteiger partial charge >= 0.3 is 6.03 Å². The van der Waals surface area contributed by atoms with Crippen LogP contribution < -0.4 is 15.1 Å². The monoisotopic (exact) mass is 563 g/mol. The van der Waals surface area contributed by atoms with Gasteiger partial charge in [-0.15, -0.1) is 0 Å². The third-order valence-electron chi connectivity index (χ3n) is 6.51. The molecule has 12 heteroatoms. The van der Waals surface area contributed by atoms with E-state index in [0.717, 1.165) is 0 Å². The van der Waals surface area contributed by atoms with Crippen LogP contribution in [0.2, 0.25) is 5.15 Å². The summed E-state index contributed by atoms with van der Waals surface area (Å²) >= 11 is 7.57. The number of hydrogen-bond acceptors (Lipinski definition) is 7. The SMILES string of the molecule is CC1CN(c2cc(Cl)nc(SCC(=O)N3CCN(c4ccccc4F)CC3)n2)CCN1C(=O)NC(C)(C)C. The zero-order valence-electron chi connectivity index (χ0n) is 22.3. The first-order valence-corrected chi connectivity index (χ1v) is 14.1. The summed E-state index contributed by atoms with van der Waals surface area (Å²) in [4.78, 5) is 42.2. The van der Waals surface area contributed by atoms with Crippen molar-refractivity contribution in [3.8, 4) is 0 Å². The molecule has 4 rings (SSSR count). The molecule has 1 aromatic carbocycles. The molecule has 0 bridgehead atoms. The van der Waals surface area contributed by atoms with Crippen LogP contribution in [0.5, 0.6) is 0 Å². The van der Waals surface area contributed by atoms with E-state index in [4.69, 9.17) is 11.6 Å². The van der Waals surface area contributed by atoms with Crippen LogP contribution in [0, 0.1) is 5.82 Å². The summed E-state index contributed by atoms with van der Waals surface area (Å²) in [5.74, 6) is 0.610. The molecule has 2 aromatic rings. The molecular weight excluding hydrogens is 529 g/mol. The second-order valence-corrected chi connectivity index (χ2v) is 11.9. The fraction of sp³-hybridized carbons (Fsp3) is 0.538. The molecule has 0 aliphatic carbocycles. The van der Waals surface area contributed by atoms with Crippen molar-refractivity contribution in [2.45, 2.75) is 44.4 Å². The van der Waals surface area contributed by atoms with Crippen LogP contribution in [0.1, 0.15) is 27.7 Å². The van der Waals surface area contributed by atoms with Gasteiger partial charge in [-0.2, -0.15) is 0 Å². The number of carbonyl (C=O) groups excluding carboxylic acids is 2. The third kappa shape index (κ3) is 7.19. The van der Waals surface area contributed by atoms with Crippen molar-refractivity contribution in [1.82, 2.24) is 25.1 Å². The van der Waals surface area contributed by atoms with Crippen molar-refractivity contribution in [3.05, 3.63) is 41.3 Å². The number of urea groups is 1. The number of aromatic nitrogens is 2. The Morgan fingerprint density at radius 2 is 1.76 bits per heavy atom. The van der Waals surface area contributed by atoms with Crippen molar-refractivity contribution < 1.29 is 14.0 Å². The van der Waals surface area contributed by atoms with Crippen LogP contribution >= 0.6 is 23.4 Å². The Morgan fingerprint density at radius 3 is 2.42 bits per heavy atom. The summed E-state index contributed by atoms with van der Waals surface area (Å²) < 4.78 is 14.1. The van der Waals surface area contributed by atoms with Crippen LogP contribution in [0.15, 0.2) is 35.5 Å². The molecule has 1 N–H and O–H groups in total. The Hall–Kier alpha value is -2.79. The predicted molar refractivity (Wildman–Crippen MR) is 150 cm³/mol. The van der Waals surface area contributed by atoms with E-state index in [1.807, 2.05) is 43.6 Å². The molecule has 1 atom stereocenters. The van der Waals surface area contributed by atoms with E-state index in [2.05, 4.69) is 20.2 Å². The van der Waals surface area contributed by atoms with Gasteiger partial charge in [0, 0.05) is 63.5 Å². The molecule has 0 spiro atoms. The lowest BCUT2D eigenvalue weighted by molar-refractivity contribution is -0.128. The maximum atomic E-state index is 14.1. The number of rotatable bonds is 5. The number of hydrogen-bond donors (Lipinski definition) is 1. The number of carbonyl (C=O) groups is 2. The fourth-order valence-corrected chi connectivity index (χ4v) is 5.58. The van der Waals surface area contributed by atoms with E-state index in [-0.39, 0.29) is 35.1 Å². The Balaban J connectivity index is 1.30. The molecule has 1 unspecified atom stereocenters. The summed E-state index contributed by atoms with van der Waals surface area (Å²) in [7, 11) is 0. The second-order valence-electron chi connectivity index (χ2n) is 10.6. The standard InChI is InChI=1S/C26H35ClFN7O2S/c1-18-16-34(13-14-35(18)25(37)31-26(2,3)4)22-15-21(27)29-24(30-22)38-17-23(36)33-11-9-32(10-12-33)20-8-6-5-7-19(20)28/h5-8,15,18H,9-14,16-17H2,1-4H3,(H,31,37). The Bertz CT molecular complexity index is 1160. The van der Waals surface area contributed by atoms with Crippen molar-refractivity contribution in [3.63, 3.8) is 0 Å². The minimum Gasteiger partial charge on any atom is -0.366 e. The Morgan fingerprint density at radius 1 is 1.08 bits per heavy atom. The first-order valence-electron chi connectivity index (χ1n) is 12.8. The van der Waals surface area contributed by atoms with E-state index in [9.17, 15) is 14.0 Å². The van der Waals surface area contributed by atoms with Crippen LogP contribution in [0.25, 0.3) is 0 Å². The molecule has 1 aromatic heterocycles. The minimum absolute atomic E-state index is 0.0134. The molecule has 3 heterocycles. The molecule has 2 aliphatic rings. The van der Waals surface area contributed by atoms with E-state index in [1.54, 1.807) is 23.1 Å². The normalized spacial score (nSPS) is 18.5. The topological polar surface area (TPSA) is 84.9 Å². The lowest BCUT2D eigenvalue weighted by atomic mass is 10.1. The molecule has 2 aliphatic heterocycles. The van der Waals surface area contributed by atoms with E-state index >= 15 is 0 Å². The molecule has 9 nitrogen and oxygen atoms in total. The van der Waals surface area contributed by atoms with Gasteiger partial charge in [0.05, 0.1) is 11.4 Å². The number of para-hydroxylation sites is 1. The number of nitrogens with one attached hydrogen (secondary N) is 1. The number of nitrogens with zero attached hydrogens (tertiary/aromatic N) is 6. The highest BCUT2D eigenvalue weighted by Gasteiger charge is 2.30. The van der Waals surface area contributed by atoms with Gasteiger partial charge in [0.25, 0.3) is 0 Å². The van der Waals surface area contributed by atoms with Gasteiger partial charge in [-0.3, -0.25) is 4.79 Å². The molecule has 38 heavy (non-hydrogen) atoms. The second kappa shape index (κ2) is 11.9. The third-order valence-corrected chi connectivity index (χ3v) is 7.53. The van der Waals surface area contributed by atoms with Crippen molar-refractivity contribution in [2.75, 3.05) is 61.4 Å². The number of halogens is 2. The van der Waals surface area contributed by atoms with Crippen LogP contribution in [-0.4, -0.2) is 94.9 Å². The summed E-state index contributed by atoms with van der Waals surface area (Å²) in [6, 6.07) is 8.33. The summed E-state index contributed by atoms with van der Waals surface area (Å²) in [6.45, 7) is 11.9. The predicted octanol–water partition coefficient (Wildman–Crippen LogP) is 3.73. The average molecular weight is 564 g/mol. The zero-order chi connectivity index (χ0) is 27.4. The average Bonchev–Trinajstić information content (AvgIpc) is 2.86.